The third-order valence-electron chi connectivity index (χ3n) is 3.13. The van der Waals surface area contributed by atoms with Gasteiger partial charge in [-0.15, -0.1) is 0 Å². The van der Waals surface area contributed by atoms with Crippen molar-refractivity contribution in [2.45, 2.75) is 20.0 Å². The van der Waals surface area contributed by atoms with Crippen molar-refractivity contribution in [3.8, 4) is 0 Å². The first-order chi connectivity index (χ1) is 9.29. The van der Waals surface area contributed by atoms with Crippen LogP contribution in [0.4, 0.5) is 0 Å². The number of imidazole rings is 2. The van der Waals surface area contributed by atoms with Crippen molar-refractivity contribution in [3.05, 3.63) is 72.3 Å². The molecule has 4 heteroatoms. The molecular formula is C15H18N4+2. The Hall–Kier alpha value is -2.36. The average molecular weight is 254 g/mol. The molecule has 0 fully saturated rings. The maximum atomic E-state index is 3.07. The number of H-pyrrole nitrogens is 2. The Morgan fingerprint density at radius 2 is 1.37 bits per heavy atom. The molecule has 2 N–H and O–H groups in total. The predicted molar refractivity (Wildman–Crippen MR) is 71.4 cm³/mol. The summed E-state index contributed by atoms with van der Waals surface area (Å²) in [4.78, 5) is 6.14. The quantitative estimate of drug-likeness (QED) is 0.659. The van der Waals surface area contributed by atoms with Crippen molar-refractivity contribution >= 4 is 0 Å². The van der Waals surface area contributed by atoms with Crippen LogP contribution < -0.4 is 9.13 Å². The summed E-state index contributed by atoms with van der Waals surface area (Å²) in [5.74, 6) is 0. The fourth-order valence-electron chi connectivity index (χ4n) is 2.39. The second-order valence-electron chi connectivity index (χ2n) is 4.89. The summed E-state index contributed by atoms with van der Waals surface area (Å²) in [6.07, 6.45) is 11.9. The van der Waals surface area contributed by atoms with Gasteiger partial charge in [-0.1, -0.05) is 17.7 Å². The Kier molecular flexibility index (Phi) is 3.14. The van der Waals surface area contributed by atoms with Crippen LogP contribution in [0, 0.1) is 6.92 Å². The zero-order chi connectivity index (χ0) is 13.1. The lowest BCUT2D eigenvalue weighted by Crippen LogP contribution is -2.32. The Morgan fingerprint density at radius 1 is 0.842 bits per heavy atom. The zero-order valence-electron chi connectivity index (χ0n) is 11.0. The van der Waals surface area contributed by atoms with Crippen LogP contribution in [0.5, 0.6) is 0 Å². The summed E-state index contributed by atoms with van der Waals surface area (Å²) >= 11 is 0. The van der Waals surface area contributed by atoms with Crippen molar-refractivity contribution in [2.24, 2.45) is 0 Å². The van der Waals surface area contributed by atoms with Gasteiger partial charge in [0.2, 0.25) is 12.7 Å². The number of benzene rings is 1. The summed E-state index contributed by atoms with van der Waals surface area (Å²) in [6, 6.07) is 6.75. The van der Waals surface area contributed by atoms with Crippen LogP contribution in [0.25, 0.3) is 0 Å². The van der Waals surface area contributed by atoms with Crippen molar-refractivity contribution in [2.75, 3.05) is 0 Å². The molecular weight excluding hydrogens is 236 g/mol. The molecule has 0 saturated carbocycles. The average Bonchev–Trinajstić information content (AvgIpc) is 3.01. The Labute approximate surface area is 112 Å². The van der Waals surface area contributed by atoms with E-state index in [1.807, 2.05) is 37.4 Å². The molecule has 0 amide bonds. The van der Waals surface area contributed by atoms with Gasteiger partial charge in [-0.2, -0.15) is 0 Å². The predicted octanol–water partition coefficient (Wildman–Crippen LogP) is 1.32. The van der Waals surface area contributed by atoms with E-state index >= 15 is 0 Å². The van der Waals surface area contributed by atoms with E-state index < -0.39 is 0 Å². The Bertz CT molecular complexity index is 584. The van der Waals surface area contributed by atoms with Crippen LogP contribution in [-0.4, -0.2) is 9.97 Å². The van der Waals surface area contributed by atoms with E-state index in [9.17, 15) is 0 Å². The van der Waals surface area contributed by atoms with Gasteiger partial charge in [-0.05, 0) is 24.1 Å². The minimum Gasteiger partial charge on any atom is -0.250 e. The highest BCUT2D eigenvalue weighted by Crippen LogP contribution is 2.09. The summed E-state index contributed by atoms with van der Waals surface area (Å²) in [7, 11) is 0. The van der Waals surface area contributed by atoms with Gasteiger partial charge in [0.1, 0.15) is 37.9 Å². The van der Waals surface area contributed by atoms with E-state index in [1.165, 1.54) is 16.7 Å². The summed E-state index contributed by atoms with van der Waals surface area (Å²) < 4.78 is 4.28. The Morgan fingerprint density at radius 3 is 1.79 bits per heavy atom. The van der Waals surface area contributed by atoms with E-state index in [2.05, 4.69) is 44.2 Å². The normalized spacial score (nSPS) is 10.8. The number of rotatable bonds is 4. The van der Waals surface area contributed by atoms with Crippen LogP contribution in [0.1, 0.15) is 16.7 Å². The topological polar surface area (TPSA) is 39.3 Å². The third-order valence-corrected chi connectivity index (χ3v) is 3.13. The molecule has 2 aromatic heterocycles. The molecule has 0 unspecified atom stereocenters. The summed E-state index contributed by atoms with van der Waals surface area (Å²) in [5.41, 5.74) is 3.96. The molecule has 2 heterocycles. The molecule has 0 aliphatic rings. The monoisotopic (exact) mass is 254 g/mol. The number of hydrogen-bond donors (Lipinski definition) is 2. The molecule has 0 atom stereocenters. The van der Waals surface area contributed by atoms with Gasteiger partial charge in [0.25, 0.3) is 0 Å². The fourth-order valence-corrected chi connectivity index (χ4v) is 2.39. The number of aromatic amines is 2. The molecule has 0 bridgehead atoms. The number of aryl methyl sites for hydroxylation is 1. The van der Waals surface area contributed by atoms with E-state index in [-0.39, 0.29) is 0 Å². The van der Waals surface area contributed by atoms with Gasteiger partial charge < -0.3 is 0 Å². The van der Waals surface area contributed by atoms with Gasteiger partial charge in [0, 0.05) is 0 Å². The lowest BCUT2D eigenvalue weighted by molar-refractivity contribution is -0.688. The molecule has 4 nitrogen and oxygen atoms in total. The third kappa shape index (κ3) is 2.91. The second-order valence-corrected chi connectivity index (χ2v) is 4.89. The van der Waals surface area contributed by atoms with Crippen molar-refractivity contribution < 1.29 is 9.13 Å². The second kappa shape index (κ2) is 5.10. The lowest BCUT2D eigenvalue weighted by Gasteiger charge is -2.05. The van der Waals surface area contributed by atoms with Crippen molar-refractivity contribution in [3.63, 3.8) is 0 Å². The zero-order valence-corrected chi connectivity index (χ0v) is 11.0. The van der Waals surface area contributed by atoms with Crippen LogP contribution in [0.2, 0.25) is 0 Å². The van der Waals surface area contributed by atoms with Gasteiger partial charge in [0.15, 0.2) is 0 Å². The molecule has 0 spiro atoms. The molecule has 3 rings (SSSR count). The minimum atomic E-state index is 0.899. The first kappa shape index (κ1) is 11.7. The van der Waals surface area contributed by atoms with E-state index in [1.54, 1.807) is 0 Å². The van der Waals surface area contributed by atoms with E-state index in [0.717, 1.165) is 13.1 Å². The highest BCUT2D eigenvalue weighted by Gasteiger charge is 2.05. The van der Waals surface area contributed by atoms with Gasteiger partial charge in [0.05, 0.1) is 0 Å². The maximum Gasteiger partial charge on any atom is 0.241 e. The van der Waals surface area contributed by atoms with Gasteiger partial charge in [-0.3, -0.25) is 9.97 Å². The van der Waals surface area contributed by atoms with Gasteiger partial charge >= 0.3 is 0 Å². The molecule has 1 aromatic carbocycles. The Balaban J connectivity index is 1.83. The number of hydrogen-bond acceptors (Lipinski definition) is 0. The van der Waals surface area contributed by atoms with Crippen molar-refractivity contribution in [1.82, 2.24) is 9.97 Å². The summed E-state index contributed by atoms with van der Waals surface area (Å²) in [5, 5.41) is 0. The first-order valence-corrected chi connectivity index (χ1v) is 6.43. The largest absolute Gasteiger partial charge is 0.250 e. The number of aromatic nitrogens is 4. The highest BCUT2D eigenvalue weighted by molar-refractivity contribution is 5.28. The lowest BCUT2D eigenvalue weighted by atomic mass is 10.1. The molecule has 0 aliphatic heterocycles. The molecule has 0 aliphatic carbocycles. The van der Waals surface area contributed by atoms with Crippen LogP contribution >= 0.6 is 0 Å². The minimum absolute atomic E-state index is 0.899. The summed E-state index contributed by atoms with van der Waals surface area (Å²) in [6.45, 7) is 3.95. The molecule has 3 aromatic rings. The van der Waals surface area contributed by atoms with Gasteiger partial charge in [-0.25, -0.2) is 9.13 Å². The standard InChI is InChI=1S/C15H16N4/c1-13-6-14(9-18-4-2-16-11-18)8-15(7-13)10-19-5-3-17-12-19/h2-8,11-12H,9-10H2,1H3/p+2. The van der Waals surface area contributed by atoms with E-state index in [0.29, 0.717) is 0 Å². The SMILES string of the molecule is Cc1cc(C[n+]2cc[nH]c2)cc(C[n+]2cc[nH]c2)c1. The van der Waals surface area contributed by atoms with Crippen LogP contribution in [-0.2, 0) is 13.1 Å². The number of nitrogens with one attached hydrogen (secondary N) is 2. The smallest absolute Gasteiger partial charge is 0.241 e. The van der Waals surface area contributed by atoms with E-state index in [4.69, 9.17) is 0 Å². The first-order valence-electron chi connectivity index (χ1n) is 6.43. The fraction of sp³-hybridized carbons (Fsp3) is 0.200. The number of nitrogens with zero attached hydrogens (tertiary/aromatic N) is 2. The maximum absolute atomic E-state index is 3.07. The molecule has 19 heavy (non-hydrogen) atoms. The molecule has 96 valence electrons. The highest BCUT2D eigenvalue weighted by atomic mass is 15.0. The van der Waals surface area contributed by atoms with Crippen LogP contribution in [0.15, 0.2) is 55.6 Å². The molecule has 0 saturated heterocycles. The van der Waals surface area contributed by atoms with Crippen molar-refractivity contribution in [1.29, 1.82) is 0 Å². The molecule has 0 radical (unpaired) electrons. The van der Waals surface area contributed by atoms with Crippen LogP contribution in [0.3, 0.4) is 0 Å².